The second kappa shape index (κ2) is 5.61. The van der Waals surface area contributed by atoms with Crippen LogP contribution in [0, 0.1) is 0 Å². The molecule has 0 rings (SSSR count). The average Bonchev–Trinajstić information content (AvgIpc) is 1.96. The molecular weight excluding hydrogens is 230 g/mol. The molecule has 0 aliphatic rings. The van der Waals surface area contributed by atoms with Crippen LogP contribution in [0.5, 0.6) is 0 Å². The van der Waals surface area contributed by atoms with Gasteiger partial charge in [-0.3, -0.25) is 0 Å². The molecule has 86 valence electrons. The van der Waals surface area contributed by atoms with Crippen LogP contribution in [0.3, 0.4) is 0 Å². The van der Waals surface area contributed by atoms with Gasteiger partial charge in [-0.25, -0.2) is 23.0 Å². The molecule has 0 heterocycles. The Kier molecular flexibility index (Phi) is 5.52. The van der Waals surface area contributed by atoms with Crippen LogP contribution in [-0.4, -0.2) is 35.7 Å². The summed E-state index contributed by atoms with van der Waals surface area (Å²) in [6.07, 6.45) is 0.156. The van der Waals surface area contributed by atoms with Gasteiger partial charge in [-0.1, -0.05) is 6.92 Å². The lowest BCUT2D eigenvalue weighted by molar-refractivity contribution is 0.565. The molecule has 0 fully saturated rings. The first-order valence-corrected chi connectivity index (χ1v) is 7.21. The van der Waals surface area contributed by atoms with Crippen molar-refractivity contribution in [3.8, 4) is 0 Å². The Balaban J connectivity index is 3.76. The summed E-state index contributed by atoms with van der Waals surface area (Å²) in [6.45, 7) is 1.97. The summed E-state index contributed by atoms with van der Waals surface area (Å²) in [5.41, 5.74) is 0. The highest BCUT2D eigenvalue weighted by Crippen LogP contribution is 1.85. The van der Waals surface area contributed by atoms with Gasteiger partial charge in [0.15, 0.2) is 0 Å². The van der Waals surface area contributed by atoms with Gasteiger partial charge in [-0.15, -0.1) is 0 Å². The average molecular weight is 245 g/mol. The number of hydrogen-bond donors (Lipinski definition) is 3. The van der Waals surface area contributed by atoms with Crippen LogP contribution in [0.1, 0.15) is 13.3 Å². The van der Waals surface area contributed by atoms with E-state index < -0.39 is 20.2 Å². The number of rotatable bonds is 7. The molecule has 0 saturated heterocycles. The highest BCUT2D eigenvalue weighted by Gasteiger charge is 2.07. The summed E-state index contributed by atoms with van der Waals surface area (Å²) in [5.74, 6) is -0.234. The van der Waals surface area contributed by atoms with E-state index in [9.17, 15) is 16.8 Å². The number of hydrogen-bond acceptors (Lipinski definition) is 4. The predicted octanol–water partition coefficient (Wildman–Crippen LogP) is -1.89. The summed E-state index contributed by atoms with van der Waals surface area (Å²) < 4.78 is 47.2. The van der Waals surface area contributed by atoms with Crippen molar-refractivity contribution < 1.29 is 16.8 Å². The van der Waals surface area contributed by atoms with Crippen LogP contribution in [0.2, 0.25) is 0 Å². The van der Waals surface area contributed by atoms with Crippen molar-refractivity contribution in [2.75, 3.05) is 18.8 Å². The summed E-state index contributed by atoms with van der Waals surface area (Å²) >= 11 is 0. The Labute approximate surface area is 84.3 Å². The minimum absolute atomic E-state index is 0.0474. The van der Waals surface area contributed by atoms with Crippen LogP contribution >= 0.6 is 0 Å². The van der Waals surface area contributed by atoms with Crippen molar-refractivity contribution in [3.05, 3.63) is 0 Å². The minimum Gasteiger partial charge on any atom is -0.229 e. The maximum atomic E-state index is 11.0. The van der Waals surface area contributed by atoms with Crippen LogP contribution in [0.4, 0.5) is 0 Å². The molecule has 4 N–H and O–H groups in total. The summed E-state index contributed by atoms with van der Waals surface area (Å²) in [5, 5.41) is 4.72. The number of nitrogens with one attached hydrogen (secondary N) is 2. The van der Waals surface area contributed by atoms with E-state index in [1.54, 1.807) is 6.92 Å². The van der Waals surface area contributed by atoms with E-state index >= 15 is 0 Å². The third kappa shape index (κ3) is 8.38. The monoisotopic (exact) mass is 245 g/mol. The molecule has 0 unspecified atom stereocenters. The molecule has 0 atom stereocenters. The fourth-order valence-electron chi connectivity index (χ4n) is 0.721. The van der Waals surface area contributed by atoms with Gasteiger partial charge < -0.3 is 0 Å². The maximum absolute atomic E-state index is 11.0. The first kappa shape index (κ1) is 13.8. The largest absolute Gasteiger partial charge is 0.276 e. The van der Waals surface area contributed by atoms with Crippen molar-refractivity contribution in [2.24, 2.45) is 5.14 Å². The normalized spacial score (nSPS) is 13.0. The summed E-state index contributed by atoms with van der Waals surface area (Å²) in [4.78, 5) is 0. The van der Waals surface area contributed by atoms with Gasteiger partial charge >= 0.3 is 0 Å². The number of primary sulfonamides is 1. The maximum Gasteiger partial charge on any atom is 0.276 e. The van der Waals surface area contributed by atoms with Crippen molar-refractivity contribution in [2.45, 2.75) is 13.3 Å². The highest BCUT2D eigenvalue weighted by atomic mass is 32.2. The molecule has 0 amide bonds. The fourth-order valence-corrected chi connectivity index (χ4v) is 2.16. The Bertz CT molecular complexity index is 347. The van der Waals surface area contributed by atoms with Crippen LogP contribution in [0.25, 0.3) is 0 Å². The van der Waals surface area contributed by atoms with E-state index in [0.717, 1.165) is 0 Å². The summed E-state index contributed by atoms with van der Waals surface area (Å²) in [7, 11) is -6.99. The summed E-state index contributed by atoms with van der Waals surface area (Å²) in [6, 6.07) is 0. The van der Waals surface area contributed by atoms with E-state index in [1.807, 2.05) is 0 Å². The molecule has 14 heavy (non-hydrogen) atoms. The van der Waals surface area contributed by atoms with Gasteiger partial charge in [-0.2, -0.15) is 8.42 Å². The topological polar surface area (TPSA) is 118 Å². The van der Waals surface area contributed by atoms with E-state index in [1.165, 1.54) is 0 Å². The lowest BCUT2D eigenvalue weighted by Crippen LogP contribution is -2.37. The van der Waals surface area contributed by atoms with Gasteiger partial charge in [0.05, 0.1) is 5.75 Å². The molecule has 9 heteroatoms. The number of sulfonamides is 1. The molecule has 0 bridgehead atoms. The fraction of sp³-hybridized carbons (Fsp3) is 1.00. The van der Waals surface area contributed by atoms with E-state index in [-0.39, 0.29) is 25.3 Å². The Morgan fingerprint density at radius 2 is 1.71 bits per heavy atom. The molecule has 0 spiro atoms. The zero-order valence-corrected chi connectivity index (χ0v) is 9.49. The van der Waals surface area contributed by atoms with Crippen LogP contribution in [0.15, 0.2) is 0 Å². The lowest BCUT2D eigenvalue weighted by Gasteiger charge is -2.05. The smallest absolute Gasteiger partial charge is 0.229 e. The van der Waals surface area contributed by atoms with E-state index in [2.05, 4.69) is 9.44 Å². The molecule has 0 aliphatic heterocycles. The van der Waals surface area contributed by atoms with Crippen molar-refractivity contribution in [1.29, 1.82) is 0 Å². The van der Waals surface area contributed by atoms with Crippen molar-refractivity contribution in [3.63, 3.8) is 0 Å². The molecule has 0 saturated carbocycles. The van der Waals surface area contributed by atoms with Gasteiger partial charge in [0, 0.05) is 13.1 Å². The molecule has 0 aliphatic carbocycles. The SMILES string of the molecule is CCNS(=O)(=O)NCCCS(N)(=O)=O. The second-order valence-electron chi connectivity index (χ2n) is 2.62. The minimum atomic E-state index is -3.51. The van der Waals surface area contributed by atoms with Gasteiger partial charge in [0.2, 0.25) is 10.0 Å². The quantitative estimate of drug-likeness (QED) is 0.454. The standard InChI is InChI=1S/C5H15N3O4S2/c1-2-7-14(11,12)8-4-3-5-13(6,9)10/h7-8H,2-5H2,1H3,(H2,6,9,10). The molecule has 7 nitrogen and oxygen atoms in total. The first-order chi connectivity index (χ1) is 6.27. The third-order valence-electron chi connectivity index (χ3n) is 1.23. The Hall–Kier alpha value is -0.220. The second-order valence-corrected chi connectivity index (χ2v) is 5.93. The highest BCUT2D eigenvalue weighted by molar-refractivity contribution is 7.89. The van der Waals surface area contributed by atoms with E-state index in [0.29, 0.717) is 0 Å². The number of nitrogens with two attached hydrogens (primary N) is 1. The zero-order chi connectivity index (χ0) is 11.2. The molecule has 0 aromatic carbocycles. The Morgan fingerprint density at radius 3 is 2.14 bits per heavy atom. The molecular formula is C5H15N3O4S2. The first-order valence-electron chi connectivity index (χ1n) is 4.01. The molecule has 0 aromatic rings. The van der Waals surface area contributed by atoms with Gasteiger partial charge in [0.25, 0.3) is 10.2 Å². The molecule has 0 aromatic heterocycles. The zero-order valence-electron chi connectivity index (χ0n) is 7.86. The third-order valence-corrected chi connectivity index (χ3v) is 3.34. The van der Waals surface area contributed by atoms with Gasteiger partial charge in [0.1, 0.15) is 0 Å². The predicted molar refractivity (Wildman–Crippen MR) is 53.2 cm³/mol. The Morgan fingerprint density at radius 1 is 1.14 bits per heavy atom. The van der Waals surface area contributed by atoms with Crippen LogP contribution < -0.4 is 14.6 Å². The van der Waals surface area contributed by atoms with Crippen molar-refractivity contribution >= 4 is 20.2 Å². The van der Waals surface area contributed by atoms with E-state index in [4.69, 9.17) is 5.14 Å². The van der Waals surface area contributed by atoms with Crippen molar-refractivity contribution in [1.82, 2.24) is 9.44 Å². The van der Waals surface area contributed by atoms with Crippen LogP contribution in [-0.2, 0) is 20.2 Å². The van der Waals surface area contributed by atoms with Gasteiger partial charge in [-0.05, 0) is 6.42 Å². The lowest BCUT2D eigenvalue weighted by atomic mass is 10.5. The molecule has 0 radical (unpaired) electrons.